The van der Waals surface area contributed by atoms with E-state index in [-0.39, 0.29) is 6.54 Å². The number of aliphatic hydroxyl groups is 1. The summed E-state index contributed by atoms with van der Waals surface area (Å²) in [5.41, 5.74) is 5.44. The molecule has 10 nitrogen and oxygen atoms in total. The molecule has 1 fully saturated rings. The molecule has 6 N–H and O–H groups in total. The molecule has 23 heavy (non-hydrogen) atoms. The quantitative estimate of drug-likeness (QED) is 0.332. The lowest BCUT2D eigenvalue weighted by atomic mass is 10.2. The number of likely N-dealkylation sites (tertiary alicyclic amines) is 1. The Morgan fingerprint density at radius 1 is 1.26 bits per heavy atom. The van der Waals surface area contributed by atoms with Gasteiger partial charge in [0, 0.05) is 6.54 Å². The maximum Gasteiger partial charge on any atom is 0.322 e. The first-order valence-corrected chi connectivity index (χ1v) is 7.24. The predicted octanol–water partition coefficient (Wildman–Crippen LogP) is -3.00. The van der Waals surface area contributed by atoms with Crippen molar-refractivity contribution in [2.24, 2.45) is 5.73 Å². The molecule has 0 radical (unpaired) electrons. The number of amides is 3. The van der Waals surface area contributed by atoms with Gasteiger partial charge in [-0.25, -0.2) is 0 Å². The fourth-order valence-corrected chi connectivity index (χ4v) is 2.22. The number of hydrogen-bond donors (Lipinski definition) is 5. The molecule has 0 bridgehead atoms. The van der Waals surface area contributed by atoms with Gasteiger partial charge in [-0.2, -0.15) is 0 Å². The second-order valence-electron chi connectivity index (χ2n) is 5.34. The summed E-state index contributed by atoms with van der Waals surface area (Å²) >= 11 is 0. The Morgan fingerprint density at radius 3 is 2.48 bits per heavy atom. The maximum atomic E-state index is 12.1. The number of hydrogen-bond acceptors (Lipinski definition) is 6. The van der Waals surface area contributed by atoms with Gasteiger partial charge in [0.1, 0.15) is 18.6 Å². The molecule has 130 valence electrons. The maximum absolute atomic E-state index is 12.1. The minimum absolute atomic E-state index is 0.345. The fraction of sp³-hybridized carbons (Fsp3) is 0.692. The van der Waals surface area contributed by atoms with Gasteiger partial charge in [0.2, 0.25) is 17.7 Å². The summed E-state index contributed by atoms with van der Waals surface area (Å²) in [5.74, 6) is -2.85. The van der Waals surface area contributed by atoms with Crippen LogP contribution >= 0.6 is 0 Å². The van der Waals surface area contributed by atoms with Crippen LogP contribution in [0.15, 0.2) is 0 Å². The van der Waals surface area contributed by atoms with Gasteiger partial charge in [0.15, 0.2) is 0 Å². The van der Waals surface area contributed by atoms with Crippen LogP contribution in [0.3, 0.4) is 0 Å². The van der Waals surface area contributed by atoms with Crippen LogP contribution in [0.25, 0.3) is 0 Å². The standard InChI is InChI=1S/C13H22N4O6/c1-7(18)11(14)13(23)15-5-9(19)17-4-2-3-8(17)12(22)16-6-10(20)21/h7-8,11,18H,2-6,14H2,1H3,(H,15,23)(H,16,22)(H,20,21). The van der Waals surface area contributed by atoms with Crippen molar-refractivity contribution in [1.82, 2.24) is 15.5 Å². The zero-order valence-electron chi connectivity index (χ0n) is 12.8. The third-order valence-electron chi connectivity index (χ3n) is 3.53. The Kier molecular flexibility index (Phi) is 6.91. The fourth-order valence-electron chi connectivity index (χ4n) is 2.22. The molecule has 10 heteroatoms. The van der Waals surface area contributed by atoms with E-state index >= 15 is 0 Å². The van der Waals surface area contributed by atoms with E-state index in [4.69, 9.17) is 10.8 Å². The number of aliphatic hydroxyl groups excluding tert-OH is 1. The van der Waals surface area contributed by atoms with Crippen LogP contribution < -0.4 is 16.4 Å². The summed E-state index contributed by atoms with van der Waals surface area (Å²) in [5, 5.41) is 22.3. The number of nitrogens with one attached hydrogen (secondary N) is 2. The van der Waals surface area contributed by atoms with Gasteiger partial charge in [-0.1, -0.05) is 0 Å². The Bertz CT molecular complexity index is 481. The molecule has 0 saturated carbocycles. The number of carboxylic acid groups (broad SMARTS) is 1. The molecule has 0 aromatic carbocycles. The van der Waals surface area contributed by atoms with Crippen LogP contribution in [-0.4, -0.2) is 76.6 Å². The first-order chi connectivity index (χ1) is 10.7. The summed E-state index contributed by atoms with van der Waals surface area (Å²) in [4.78, 5) is 47.3. The summed E-state index contributed by atoms with van der Waals surface area (Å²) in [7, 11) is 0. The van der Waals surface area contributed by atoms with E-state index in [1.165, 1.54) is 11.8 Å². The van der Waals surface area contributed by atoms with Gasteiger partial charge >= 0.3 is 5.97 Å². The SMILES string of the molecule is CC(O)C(N)C(=O)NCC(=O)N1CCCC1C(=O)NCC(=O)O. The molecule has 0 aromatic heterocycles. The number of nitrogens with zero attached hydrogens (tertiary/aromatic N) is 1. The number of carbonyl (C=O) groups is 4. The molecule has 0 spiro atoms. The van der Waals surface area contributed by atoms with Gasteiger partial charge in [0.25, 0.3) is 0 Å². The van der Waals surface area contributed by atoms with Crippen LogP contribution in [0, 0.1) is 0 Å². The largest absolute Gasteiger partial charge is 0.480 e. The monoisotopic (exact) mass is 330 g/mol. The zero-order valence-corrected chi connectivity index (χ0v) is 12.8. The Hall–Kier alpha value is -2.20. The molecule has 1 heterocycles. The summed E-state index contributed by atoms with van der Waals surface area (Å²) in [6.45, 7) is 0.844. The molecule has 3 unspecified atom stereocenters. The Labute approximate surface area is 133 Å². The highest BCUT2D eigenvalue weighted by Crippen LogP contribution is 2.17. The highest BCUT2D eigenvalue weighted by molar-refractivity contribution is 5.92. The highest BCUT2D eigenvalue weighted by Gasteiger charge is 2.34. The zero-order chi connectivity index (χ0) is 17.6. The molecule has 0 aliphatic carbocycles. The second kappa shape index (κ2) is 8.44. The van der Waals surface area contributed by atoms with E-state index in [1.54, 1.807) is 0 Å². The van der Waals surface area contributed by atoms with Gasteiger partial charge in [-0.05, 0) is 19.8 Å². The van der Waals surface area contributed by atoms with Crippen LogP contribution in [0.5, 0.6) is 0 Å². The van der Waals surface area contributed by atoms with Gasteiger partial charge in [-0.3, -0.25) is 19.2 Å². The molecule has 1 saturated heterocycles. The minimum atomic E-state index is -1.17. The van der Waals surface area contributed by atoms with E-state index in [2.05, 4.69) is 10.6 Å². The van der Waals surface area contributed by atoms with Crippen LogP contribution in [-0.2, 0) is 19.2 Å². The number of rotatable bonds is 7. The third-order valence-corrected chi connectivity index (χ3v) is 3.53. The van der Waals surface area contributed by atoms with Crippen LogP contribution in [0.4, 0.5) is 0 Å². The van der Waals surface area contributed by atoms with Crippen molar-refractivity contribution in [3.63, 3.8) is 0 Å². The average molecular weight is 330 g/mol. The Balaban J connectivity index is 2.52. The highest BCUT2D eigenvalue weighted by atomic mass is 16.4. The summed E-state index contributed by atoms with van der Waals surface area (Å²) in [6.07, 6.45) is -0.0115. The van der Waals surface area contributed by atoms with E-state index in [0.29, 0.717) is 19.4 Å². The first kappa shape index (κ1) is 18.8. The number of nitrogens with two attached hydrogens (primary N) is 1. The van der Waals surface area contributed by atoms with Crippen molar-refractivity contribution in [1.29, 1.82) is 0 Å². The molecular weight excluding hydrogens is 308 g/mol. The third kappa shape index (κ3) is 5.49. The van der Waals surface area contributed by atoms with Gasteiger partial charge in [0.05, 0.1) is 12.6 Å². The molecule has 0 aromatic rings. The smallest absolute Gasteiger partial charge is 0.322 e. The normalized spacial score (nSPS) is 19.8. The van der Waals surface area contributed by atoms with E-state index < -0.39 is 48.4 Å². The topological polar surface area (TPSA) is 162 Å². The molecule has 1 rings (SSSR count). The summed E-state index contributed by atoms with van der Waals surface area (Å²) < 4.78 is 0. The van der Waals surface area contributed by atoms with Crippen molar-refractivity contribution in [3.8, 4) is 0 Å². The number of aliphatic carboxylic acids is 1. The molecule has 1 aliphatic heterocycles. The van der Waals surface area contributed by atoms with Crippen molar-refractivity contribution in [3.05, 3.63) is 0 Å². The van der Waals surface area contributed by atoms with Crippen molar-refractivity contribution in [2.45, 2.75) is 38.0 Å². The molecule has 3 amide bonds. The lowest BCUT2D eigenvalue weighted by Crippen LogP contribution is -2.52. The molecule has 3 atom stereocenters. The number of carboxylic acids is 1. The van der Waals surface area contributed by atoms with Crippen LogP contribution in [0.2, 0.25) is 0 Å². The van der Waals surface area contributed by atoms with Gasteiger partial charge in [-0.15, -0.1) is 0 Å². The summed E-state index contributed by atoms with van der Waals surface area (Å²) in [6, 6.07) is -1.89. The van der Waals surface area contributed by atoms with Crippen molar-refractivity contribution in [2.75, 3.05) is 19.6 Å². The minimum Gasteiger partial charge on any atom is -0.480 e. The van der Waals surface area contributed by atoms with E-state index in [1.807, 2.05) is 0 Å². The Morgan fingerprint density at radius 2 is 1.91 bits per heavy atom. The van der Waals surface area contributed by atoms with E-state index in [0.717, 1.165) is 0 Å². The van der Waals surface area contributed by atoms with E-state index in [9.17, 15) is 24.3 Å². The van der Waals surface area contributed by atoms with Crippen LogP contribution in [0.1, 0.15) is 19.8 Å². The van der Waals surface area contributed by atoms with Crippen molar-refractivity contribution < 1.29 is 29.4 Å². The first-order valence-electron chi connectivity index (χ1n) is 7.24. The van der Waals surface area contributed by atoms with Gasteiger partial charge < -0.3 is 31.5 Å². The second-order valence-corrected chi connectivity index (χ2v) is 5.34. The molecule has 1 aliphatic rings. The lowest BCUT2D eigenvalue weighted by molar-refractivity contribution is -0.141. The van der Waals surface area contributed by atoms with Crippen molar-refractivity contribution >= 4 is 23.7 Å². The molecular formula is C13H22N4O6. The lowest BCUT2D eigenvalue weighted by Gasteiger charge is -2.24. The average Bonchev–Trinajstić information content (AvgIpc) is 2.98. The predicted molar refractivity (Wildman–Crippen MR) is 78.0 cm³/mol. The number of carbonyl (C=O) groups excluding carboxylic acids is 3.